The average Bonchev–Trinajstić information content (AvgIpc) is 2.17. The summed E-state index contributed by atoms with van der Waals surface area (Å²) in [5, 5.41) is 8.34. The van der Waals surface area contributed by atoms with Crippen LogP contribution < -0.4 is 4.74 Å². The van der Waals surface area contributed by atoms with E-state index in [0.717, 1.165) is 19.2 Å². The van der Waals surface area contributed by atoms with Crippen LogP contribution in [0.3, 0.4) is 0 Å². The number of benzene rings is 1. The monoisotopic (exact) mass is 216 g/mol. The number of carbonyl (C=O) groups is 2. The van der Waals surface area contributed by atoms with E-state index in [2.05, 4.69) is 4.74 Å². The fourth-order valence-electron chi connectivity index (χ4n) is 1.01. The first-order valence-electron chi connectivity index (χ1n) is 3.78. The number of hydrogen-bond donors (Lipinski definition) is 1. The Bertz CT molecular complexity index is 428. The third kappa shape index (κ3) is 1.93. The summed E-state index contributed by atoms with van der Waals surface area (Å²) < 4.78 is 30.5. The lowest BCUT2D eigenvalue weighted by Gasteiger charge is -2.05. The minimum atomic E-state index is -1.82. The molecule has 0 spiro atoms. The van der Waals surface area contributed by atoms with E-state index in [1.165, 1.54) is 0 Å². The Morgan fingerprint density at radius 2 is 1.93 bits per heavy atom. The highest BCUT2D eigenvalue weighted by Gasteiger charge is 2.23. The van der Waals surface area contributed by atoms with Gasteiger partial charge in [0.25, 0.3) is 5.78 Å². The van der Waals surface area contributed by atoms with Gasteiger partial charge in [0.05, 0.1) is 12.7 Å². The van der Waals surface area contributed by atoms with Crippen LogP contribution in [0.1, 0.15) is 10.4 Å². The van der Waals surface area contributed by atoms with Gasteiger partial charge in [0, 0.05) is 0 Å². The number of rotatable bonds is 3. The van der Waals surface area contributed by atoms with E-state index < -0.39 is 34.7 Å². The lowest BCUT2D eigenvalue weighted by Crippen LogP contribution is -2.15. The third-order valence-electron chi connectivity index (χ3n) is 1.69. The van der Waals surface area contributed by atoms with Crippen molar-refractivity contribution in [3.63, 3.8) is 0 Å². The summed E-state index contributed by atoms with van der Waals surface area (Å²) >= 11 is 0. The number of ketones is 1. The second-order valence-corrected chi connectivity index (χ2v) is 2.58. The fraction of sp³-hybridized carbons (Fsp3) is 0.111. The molecule has 1 aromatic rings. The largest absolute Gasteiger partial charge is 0.491 e. The minimum absolute atomic E-state index is 0.735. The molecule has 1 N–H and O–H groups in total. The van der Waals surface area contributed by atoms with Crippen LogP contribution in [0.5, 0.6) is 5.75 Å². The highest BCUT2D eigenvalue weighted by Crippen LogP contribution is 2.24. The molecule has 0 bridgehead atoms. The molecule has 0 aromatic heterocycles. The topological polar surface area (TPSA) is 63.6 Å². The summed E-state index contributed by atoms with van der Waals surface area (Å²) in [7, 11) is 1.01. The van der Waals surface area contributed by atoms with Crippen molar-refractivity contribution in [3.05, 3.63) is 29.3 Å². The number of halogens is 2. The molecule has 80 valence electrons. The molecule has 0 heterocycles. The van der Waals surface area contributed by atoms with E-state index in [-0.39, 0.29) is 0 Å². The summed E-state index contributed by atoms with van der Waals surface area (Å²) in [5.41, 5.74) is -0.735. The second kappa shape index (κ2) is 4.04. The van der Waals surface area contributed by atoms with Crippen LogP contribution in [0.4, 0.5) is 8.78 Å². The fourth-order valence-corrected chi connectivity index (χ4v) is 1.01. The summed E-state index contributed by atoms with van der Waals surface area (Å²) in [6, 6.07) is 1.52. The number of Topliss-reactive ketones (excluding diaryl/α,β-unsaturated/α-hetero) is 1. The number of methoxy groups -OCH3 is 1. The third-order valence-corrected chi connectivity index (χ3v) is 1.69. The molecule has 0 atom stereocenters. The number of ether oxygens (including phenoxy) is 1. The molecule has 0 radical (unpaired) electrons. The van der Waals surface area contributed by atoms with Gasteiger partial charge >= 0.3 is 5.97 Å². The maximum atomic E-state index is 13.3. The first kappa shape index (κ1) is 11.1. The van der Waals surface area contributed by atoms with Crippen LogP contribution in [0.15, 0.2) is 12.1 Å². The molecule has 0 fully saturated rings. The van der Waals surface area contributed by atoms with E-state index in [0.29, 0.717) is 0 Å². The average molecular weight is 216 g/mol. The zero-order valence-electron chi connectivity index (χ0n) is 7.58. The molecule has 15 heavy (non-hydrogen) atoms. The Labute approximate surface area is 83.1 Å². The molecule has 1 aromatic carbocycles. The number of hydrogen-bond acceptors (Lipinski definition) is 3. The van der Waals surface area contributed by atoms with Crippen molar-refractivity contribution in [1.82, 2.24) is 0 Å². The highest BCUT2D eigenvalue weighted by atomic mass is 19.1. The SMILES string of the molecule is COc1c(F)ccc(C(=O)C(=O)O)c1F. The first-order chi connectivity index (χ1) is 6.99. The van der Waals surface area contributed by atoms with Crippen LogP contribution in [-0.2, 0) is 4.79 Å². The second-order valence-electron chi connectivity index (χ2n) is 2.58. The Morgan fingerprint density at radius 1 is 1.33 bits per heavy atom. The molecule has 0 aliphatic heterocycles. The van der Waals surface area contributed by atoms with E-state index in [1.54, 1.807) is 0 Å². The Hall–Kier alpha value is -1.98. The standard InChI is InChI=1S/C9H6F2O4/c1-15-8-5(10)3-2-4(6(8)11)7(12)9(13)14/h2-3H,1H3,(H,13,14). The summed E-state index contributed by atoms with van der Waals surface area (Å²) in [4.78, 5) is 21.2. The van der Waals surface area contributed by atoms with Gasteiger partial charge in [-0.25, -0.2) is 13.6 Å². The van der Waals surface area contributed by atoms with Gasteiger partial charge in [-0.15, -0.1) is 0 Å². The predicted octanol–water partition coefficient (Wildman–Crippen LogP) is 1.24. The first-order valence-corrected chi connectivity index (χ1v) is 3.78. The van der Waals surface area contributed by atoms with Gasteiger partial charge in [0.2, 0.25) is 0 Å². The van der Waals surface area contributed by atoms with Gasteiger partial charge in [0.1, 0.15) is 0 Å². The van der Waals surface area contributed by atoms with E-state index in [1.807, 2.05) is 0 Å². The van der Waals surface area contributed by atoms with Crippen molar-refractivity contribution in [2.45, 2.75) is 0 Å². The molecule has 4 nitrogen and oxygen atoms in total. The number of carboxylic acid groups (broad SMARTS) is 1. The van der Waals surface area contributed by atoms with E-state index in [4.69, 9.17) is 5.11 Å². The Morgan fingerprint density at radius 3 is 2.40 bits per heavy atom. The quantitative estimate of drug-likeness (QED) is 0.609. The van der Waals surface area contributed by atoms with Gasteiger partial charge in [-0.1, -0.05) is 0 Å². The Balaban J connectivity index is 3.34. The minimum Gasteiger partial charge on any atom is -0.491 e. The van der Waals surface area contributed by atoms with Crippen molar-refractivity contribution in [2.24, 2.45) is 0 Å². The number of aliphatic carboxylic acids is 1. The lowest BCUT2D eigenvalue weighted by molar-refractivity contribution is -0.131. The maximum Gasteiger partial charge on any atom is 0.377 e. The molecule has 0 saturated carbocycles. The van der Waals surface area contributed by atoms with Gasteiger partial charge in [0.15, 0.2) is 17.4 Å². The van der Waals surface area contributed by atoms with Gasteiger partial charge in [-0.05, 0) is 12.1 Å². The highest BCUT2D eigenvalue weighted by molar-refractivity contribution is 6.40. The van der Waals surface area contributed by atoms with Gasteiger partial charge < -0.3 is 9.84 Å². The summed E-state index contributed by atoms with van der Waals surface area (Å²) in [6.45, 7) is 0. The molecule has 0 unspecified atom stereocenters. The van der Waals surface area contributed by atoms with Crippen LogP contribution in [-0.4, -0.2) is 24.0 Å². The molecule has 1 rings (SSSR count). The molecule has 0 saturated heterocycles. The Kier molecular flexibility index (Phi) is 2.99. The molecular formula is C9H6F2O4. The van der Waals surface area contributed by atoms with Gasteiger partial charge in [-0.2, -0.15) is 0 Å². The van der Waals surface area contributed by atoms with E-state index >= 15 is 0 Å². The normalized spacial score (nSPS) is 9.80. The molecule has 6 heteroatoms. The maximum absolute atomic E-state index is 13.3. The van der Waals surface area contributed by atoms with Crippen molar-refractivity contribution in [1.29, 1.82) is 0 Å². The molecule has 0 aliphatic carbocycles. The van der Waals surface area contributed by atoms with Crippen LogP contribution in [0.2, 0.25) is 0 Å². The molecular weight excluding hydrogens is 210 g/mol. The predicted molar refractivity (Wildman–Crippen MR) is 44.9 cm³/mol. The van der Waals surface area contributed by atoms with Crippen molar-refractivity contribution >= 4 is 11.8 Å². The van der Waals surface area contributed by atoms with Crippen LogP contribution >= 0.6 is 0 Å². The van der Waals surface area contributed by atoms with Gasteiger partial charge in [-0.3, -0.25) is 4.79 Å². The van der Waals surface area contributed by atoms with E-state index in [9.17, 15) is 18.4 Å². The van der Waals surface area contributed by atoms with Crippen molar-refractivity contribution in [3.8, 4) is 5.75 Å². The van der Waals surface area contributed by atoms with Crippen molar-refractivity contribution < 1.29 is 28.2 Å². The van der Waals surface area contributed by atoms with Crippen molar-refractivity contribution in [2.75, 3.05) is 7.11 Å². The number of carbonyl (C=O) groups excluding carboxylic acids is 1. The molecule has 0 amide bonds. The zero-order chi connectivity index (χ0) is 11.6. The molecule has 0 aliphatic rings. The van der Waals surface area contributed by atoms with Crippen LogP contribution in [0.25, 0.3) is 0 Å². The lowest BCUT2D eigenvalue weighted by atomic mass is 10.1. The zero-order valence-corrected chi connectivity index (χ0v) is 7.58. The summed E-state index contributed by atoms with van der Waals surface area (Å²) in [5.74, 6) is -6.36. The summed E-state index contributed by atoms with van der Waals surface area (Å²) in [6.07, 6.45) is 0. The smallest absolute Gasteiger partial charge is 0.377 e. The number of carboxylic acids is 1. The van der Waals surface area contributed by atoms with Crippen LogP contribution in [0, 0.1) is 11.6 Å².